The Morgan fingerprint density at radius 3 is 2.67 bits per heavy atom. The molecule has 0 aliphatic heterocycles. The predicted octanol–water partition coefficient (Wildman–Crippen LogP) is 4.26. The van der Waals surface area contributed by atoms with Gasteiger partial charge in [-0.05, 0) is 40.2 Å². The van der Waals surface area contributed by atoms with E-state index in [4.69, 9.17) is 28.9 Å². The van der Waals surface area contributed by atoms with Gasteiger partial charge in [-0.1, -0.05) is 23.2 Å². The highest BCUT2D eigenvalue weighted by atomic mass is 79.9. The lowest BCUT2D eigenvalue weighted by Gasteiger charge is -2.12. The summed E-state index contributed by atoms with van der Waals surface area (Å²) in [6.45, 7) is 0. The molecule has 2 rings (SSSR count). The standard InChI is InChI=1S/C13H10BrCl2N3O2/c1-21-13(20)9-5-3-7(17)12(19-9)18-8-4-2-6(14)10(15)11(8)16/h2-5H,17H2,1H3,(H,18,19). The number of carbonyl (C=O) groups is 1. The maximum atomic E-state index is 11.5. The number of methoxy groups -OCH3 is 1. The topological polar surface area (TPSA) is 77.2 Å². The van der Waals surface area contributed by atoms with Gasteiger partial charge in [0.2, 0.25) is 0 Å². The number of rotatable bonds is 3. The zero-order valence-electron chi connectivity index (χ0n) is 10.8. The first-order chi connectivity index (χ1) is 9.93. The van der Waals surface area contributed by atoms with E-state index < -0.39 is 5.97 Å². The van der Waals surface area contributed by atoms with E-state index in [1.165, 1.54) is 13.2 Å². The van der Waals surface area contributed by atoms with Gasteiger partial charge < -0.3 is 15.8 Å². The first-order valence-corrected chi connectivity index (χ1v) is 7.24. The largest absolute Gasteiger partial charge is 0.464 e. The summed E-state index contributed by atoms with van der Waals surface area (Å²) >= 11 is 15.5. The Kier molecular flexibility index (Phi) is 4.92. The van der Waals surface area contributed by atoms with E-state index in [1.54, 1.807) is 18.2 Å². The maximum absolute atomic E-state index is 11.5. The highest BCUT2D eigenvalue weighted by molar-refractivity contribution is 9.10. The molecule has 0 unspecified atom stereocenters. The molecular weight excluding hydrogens is 381 g/mol. The molecule has 110 valence electrons. The van der Waals surface area contributed by atoms with Crippen LogP contribution in [0.25, 0.3) is 0 Å². The van der Waals surface area contributed by atoms with Crippen LogP contribution in [0.4, 0.5) is 17.2 Å². The zero-order valence-corrected chi connectivity index (χ0v) is 13.9. The third-order valence-corrected chi connectivity index (χ3v) is 4.38. The van der Waals surface area contributed by atoms with E-state index in [0.717, 1.165) is 0 Å². The molecule has 0 fully saturated rings. The number of benzene rings is 1. The van der Waals surface area contributed by atoms with Crippen LogP contribution in [0, 0.1) is 0 Å². The number of esters is 1. The smallest absolute Gasteiger partial charge is 0.356 e. The molecule has 0 bridgehead atoms. The minimum atomic E-state index is -0.557. The summed E-state index contributed by atoms with van der Waals surface area (Å²) in [7, 11) is 1.28. The van der Waals surface area contributed by atoms with Gasteiger partial charge in [-0.3, -0.25) is 0 Å². The number of nitrogen functional groups attached to an aromatic ring is 1. The fourth-order valence-electron chi connectivity index (χ4n) is 1.54. The van der Waals surface area contributed by atoms with E-state index in [1.807, 2.05) is 0 Å². The van der Waals surface area contributed by atoms with E-state index in [-0.39, 0.29) is 11.5 Å². The van der Waals surface area contributed by atoms with Crippen LogP contribution in [0.5, 0.6) is 0 Å². The van der Waals surface area contributed by atoms with Crippen molar-refractivity contribution in [2.75, 3.05) is 18.2 Å². The quantitative estimate of drug-likeness (QED) is 0.604. The number of anilines is 3. The normalized spacial score (nSPS) is 10.3. The van der Waals surface area contributed by atoms with Crippen molar-refractivity contribution < 1.29 is 9.53 Å². The van der Waals surface area contributed by atoms with Gasteiger partial charge in [0.25, 0.3) is 0 Å². The second-order valence-electron chi connectivity index (χ2n) is 3.97. The molecule has 8 heteroatoms. The molecule has 1 heterocycles. The number of hydrogen-bond acceptors (Lipinski definition) is 5. The SMILES string of the molecule is COC(=O)c1ccc(N)c(Nc2ccc(Br)c(Cl)c2Cl)n1. The average Bonchev–Trinajstić information content (AvgIpc) is 2.49. The van der Waals surface area contributed by atoms with Crippen LogP contribution in [-0.4, -0.2) is 18.1 Å². The van der Waals surface area contributed by atoms with Crippen molar-refractivity contribution in [3.63, 3.8) is 0 Å². The molecule has 0 aliphatic carbocycles. The van der Waals surface area contributed by atoms with Crippen molar-refractivity contribution >= 4 is 62.3 Å². The Labute approximate surface area is 139 Å². The van der Waals surface area contributed by atoms with Crippen molar-refractivity contribution in [3.05, 3.63) is 44.5 Å². The zero-order chi connectivity index (χ0) is 15.6. The average molecular weight is 391 g/mol. The summed E-state index contributed by atoms with van der Waals surface area (Å²) < 4.78 is 5.29. The molecule has 0 amide bonds. The van der Waals surface area contributed by atoms with Gasteiger partial charge >= 0.3 is 5.97 Å². The summed E-state index contributed by atoms with van der Waals surface area (Å²) in [5, 5.41) is 3.63. The lowest BCUT2D eigenvalue weighted by atomic mass is 10.3. The van der Waals surface area contributed by atoms with Crippen LogP contribution in [0.15, 0.2) is 28.7 Å². The van der Waals surface area contributed by atoms with E-state index in [9.17, 15) is 4.79 Å². The van der Waals surface area contributed by atoms with Gasteiger partial charge in [0.1, 0.15) is 0 Å². The van der Waals surface area contributed by atoms with E-state index >= 15 is 0 Å². The Bertz CT molecular complexity index is 710. The number of nitrogens with two attached hydrogens (primary N) is 1. The molecule has 0 aliphatic rings. The number of carbonyl (C=O) groups excluding carboxylic acids is 1. The van der Waals surface area contributed by atoms with Crippen LogP contribution in [-0.2, 0) is 4.74 Å². The minimum absolute atomic E-state index is 0.133. The van der Waals surface area contributed by atoms with Gasteiger partial charge in [0.15, 0.2) is 11.5 Å². The summed E-state index contributed by atoms with van der Waals surface area (Å²) in [5.41, 5.74) is 6.85. The molecule has 0 saturated carbocycles. The Morgan fingerprint density at radius 2 is 2.00 bits per heavy atom. The van der Waals surface area contributed by atoms with Crippen LogP contribution < -0.4 is 11.1 Å². The molecular formula is C13H10BrCl2N3O2. The predicted molar refractivity (Wildman–Crippen MR) is 87.4 cm³/mol. The molecule has 2 aromatic rings. The fraction of sp³-hybridized carbons (Fsp3) is 0.0769. The van der Waals surface area contributed by atoms with Gasteiger partial charge in [0.05, 0.1) is 28.5 Å². The first kappa shape index (κ1) is 15.9. The highest BCUT2D eigenvalue weighted by Crippen LogP contribution is 2.37. The number of nitrogens with zero attached hydrogens (tertiary/aromatic N) is 1. The van der Waals surface area contributed by atoms with Gasteiger partial charge in [0, 0.05) is 4.47 Å². The summed E-state index contributed by atoms with van der Waals surface area (Å²) in [4.78, 5) is 15.6. The van der Waals surface area contributed by atoms with Crippen LogP contribution in [0.3, 0.4) is 0 Å². The van der Waals surface area contributed by atoms with Gasteiger partial charge in [-0.15, -0.1) is 0 Å². The van der Waals surface area contributed by atoms with E-state index in [2.05, 4.69) is 31.0 Å². The third kappa shape index (κ3) is 3.40. The second kappa shape index (κ2) is 6.51. The number of nitrogens with one attached hydrogen (secondary N) is 1. The van der Waals surface area contributed by atoms with Crippen molar-refractivity contribution in [1.82, 2.24) is 4.98 Å². The molecule has 1 aromatic heterocycles. The Morgan fingerprint density at radius 1 is 1.29 bits per heavy atom. The van der Waals surface area contributed by atoms with Crippen LogP contribution in [0.2, 0.25) is 10.0 Å². The molecule has 21 heavy (non-hydrogen) atoms. The molecule has 0 saturated heterocycles. The van der Waals surface area contributed by atoms with Gasteiger partial charge in [-0.25, -0.2) is 9.78 Å². The minimum Gasteiger partial charge on any atom is -0.464 e. The van der Waals surface area contributed by atoms with Crippen LogP contribution in [0.1, 0.15) is 10.5 Å². The van der Waals surface area contributed by atoms with Crippen molar-refractivity contribution in [2.24, 2.45) is 0 Å². The molecule has 5 nitrogen and oxygen atoms in total. The summed E-state index contributed by atoms with van der Waals surface area (Å²) in [6, 6.07) is 6.47. The summed E-state index contributed by atoms with van der Waals surface area (Å²) in [6.07, 6.45) is 0. The Balaban J connectivity index is 2.40. The molecule has 0 spiro atoms. The lowest BCUT2D eigenvalue weighted by Crippen LogP contribution is -2.08. The van der Waals surface area contributed by atoms with Crippen molar-refractivity contribution in [1.29, 1.82) is 0 Å². The number of pyridine rings is 1. The van der Waals surface area contributed by atoms with Crippen LogP contribution >= 0.6 is 39.1 Å². The van der Waals surface area contributed by atoms with Crippen molar-refractivity contribution in [3.8, 4) is 0 Å². The lowest BCUT2D eigenvalue weighted by molar-refractivity contribution is 0.0594. The number of ether oxygens (including phenoxy) is 1. The number of hydrogen-bond donors (Lipinski definition) is 2. The fourth-order valence-corrected chi connectivity index (χ4v) is 2.36. The van der Waals surface area contributed by atoms with Gasteiger partial charge in [-0.2, -0.15) is 0 Å². The number of halogens is 3. The van der Waals surface area contributed by atoms with Crippen molar-refractivity contribution in [2.45, 2.75) is 0 Å². The van der Waals surface area contributed by atoms with E-state index in [0.29, 0.717) is 25.9 Å². The third-order valence-electron chi connectivity index (χ3n) is 2.61. The Hall–Kier alpha value is -1.50. The molecule has 3 N–H and O–H groups in total. The monoisotopic (exact) mass is 389 g/mol. The maximum Gasteiger partial charge on any atom is 0.356 e. The highest BCUT2D eigenvalue weighted by Gasteiger charge is 2.13. The molecule has 0 atom stereocenters. The second-order valence-corrected chi connectivity index (χ2v) is 5.58. The molecule has 0 radical (unpaired) electrons. The summed E-state index contributed by atoms with van der Waals surface area (Å²) in [5.74, 6) is -0.267. The first-order valence-electron chi connectivity index (χ1n) is 5.69. The molecule has 1 aromatic carbocycles. The number of aromatic nitrogens is 1.